The summed E-state index contributed by atoms with van der Waals surface area (Å²) in [5, 5.41) is 11.4. The molecule has 1 aliphatic rings. The number of hydrogen-bond donors (Lipinski definition) is 2. The summed E-state index contributed by atoms with van der Waals surface area (Å²) in [6.45, 7) is 5.57. The molecule has 0 aliphatic carbocycles. The minimum atomic E-state index is -1.19. The molecular weight excluding hydrogens is 264 g/mol. The van der Waals surface area contributed by atoms with Gasteiger partial charge in [-0.15, -0.1) is 0 Å². The molecule has 2 amide bonds. The Kier molecular flexibility index (Phi) is 5.35. The van der Waals surface area contributed by atoms with Crippen molar-refractivity contribution in [2.45, 2.75) is 51.7 Å². The van der Waals surface area contributed by atoms with Crippen molar-refractivity contribution in [2.75, 3.05) is 13.1 Å². The lowest BCUT2D eigenvalue weighted by Gasteiger charge is -2.29. The SMILES string of the molecule is CC(C)(C)OC(=O)NC(CN1CCCCC1=O)C(=O)O. The third kappa shape index (κ3) is 5.46. The van der Waals surface area contributed by atoms with Crippen LogP contribution in [0, 0.1) is 0 Å². The number of aliphatic carboxylic acids is 1. The fourth-order valence-corrected chi connectivity index (χ4v) is 1.91. The highest BCUT2D eigenvalue weighted by molar-refractivity contribution is 5.82. The van der Waals surface area contributed by atoms with E-state index in [-0.39, 0.29) is 12.5 Å². The molecule has 114 valence electrons. The molecule has 1 aliphatic heterocycles. The number of alkyl carbamates (subject to hydrolysis) is 1. The number of likely N-dealkylation sites (tertiary alicyclic amines) is 1. The zero-order valence-electron chi connectivity index (χ0n) is 12.1. The van der Waals surface area contributed by atoms with Crippen LogP contribution in [0.1, 0.15) is 40.0 Å². The molecule has 1 saturated heterocycles. The van der Waals surface area contributed by atoms with E-state index in [1.165, 1.54) is 4.90 Å². The van der Waals surface area contributed by atoms with E-state index in [9.17, 15) is 14.4 Å². The van der Waals surface area contributed by atoms with Crippen LogP contribution >= 0.6 is 0 Å². The summed E-state index contributed by atoms with van der Waals surface area (Å²) < 4.78 is 5.02. The van der Waals surface area contributed by atoms with Gasteiger partial charge in [-0.2, -0.15) is 0 Å². The van der Waals surface area contributed by atoms with Crippen LogP contribution in [0.15, 0.2) is 0 Å². The predicted octanol–water partition coefficient (Wildman–Crippen LogP) is 0.977. The van der Waals surface area contributed by atoms with E-state index in [4.69, 9.17) is 9.84 Å². The zero-order chi connectivity index (χ0) is 15.3. The van der Waals surface area contributed by atoms with Crippen molar-refractivity contribution in [1.82, 2.24) is 10.2 Å². The van der Waals surface area contributed by atoms with Gasteiger partial charge in [0.1, 0.15) is 11.6 Å². The largest absolute Gasteiger partial charge is 0.480 e. The van der Waals surface area contributed by atoms with Crippen LogP contribution in [0.3, 0.4) is 0 Å². The van der Waals surface area contributed by atoms with Crippen molar-refractivity contribution in [3.63, 3.8) is 0 Å². The number of hydrogen-bond acceptors (Lipinski definition) is 4. The summed E-state index contributed by atoms with van der Waals surface area (Å²) in [7, 11) is 0. The summed E-state index contributed by atoms with van der Waals surface area (Å²) in [6, 6.07) is -1.16. The van der Waals surface area contributed by atoms with Gasteiger partial charge in [0, 0.05) is 13.0 Å². The maximum absolute atomic E-state index is 11.7. The third-order valence-corrected chi connectivity index (χ3v) is 2.81. The molecule has 20 heavy (non-hydrogen) atoms. The molecule has 0 saturated carbocycles. The van der Waals surface area contributed by atoms with E-state index >= 15 is 0 Å². The highest BCUT2D eigenvalue weighted by Gasteiger charge is 2.28. The number of piperidine rings is 1. The van der Waals surface area contributed by atoms with Gasteiger partial charge in [0.2, 0.25) is 5.91 Å². The van der Waals surface area contributed by atoms with Crippen LogP contribution in [0.25, 0.3) is 0 Å². The van der Waals surface area contributed by atoms with Crippen molar-refractivity contribution in [1.29, 1.82) is 0 Å². The Balaban J connectivity index is 2.58. The number of carbonyl (C=O) groups excluding carboxylic acids is 2. The van der Waals surface area contributed by atoms with Gasteiger partial charge in [-0.05, 0) is 33.6 Å². The number of carbonyl (C=O) groups is 3. The van der Waals surface area contributed by atoms with E-state index < -0.39 is 23.7 Å². The number of nitrogens with zero attached hydrogens (tertiary/aromatic N) is 1. The second-order valence-corrected chi connectivity index (χ2v) is 5.83. The fraction of sp³-hybridized carbons (Fsp3) is 0.769. The van der Waals surface area contributed by atoms with Crippen molar-refractivity contribution >= 4 is 18.0 Å². The third-order valence-electron chi connectivity index (χ3n) is 2.81. The minimum absolute atomic E-state index is 0.0343. The Bertz CT molecular complexity index is 389. The smallest absolute Gasteiger partial charge is 0.408 e. The Morgan fingerprint density at radius 2 is 2.05 bits per heavy atom. The lowest BCUT2D eigenvalue weighted by atomic mass is 10.1. The molecule has 7 heteroatoms. The first-order chi connectivity index (χ1) is 9.19. The second kappa shape index (κ2) is 6.58. The number of ether oxygens (including phenoxy) is 1. The Morgan fingerprint density at radius 1 is 1.40 bits per heavy atom. The molecule has 0 radical (unpaired) electrons. The van der Waals surface area contributed by atoms with E-state index in [2.05, 4.69) is 5.32 Å². The van der Waals surface area contributed by atoms with Crippen molar-refractivity contribution < 1.29 is 24.2 Å². The average molecular weight is 286 g/mol. The Labute approximate surface area is 118 Å². The van der Waals surface area contributed by atoms with E-state index in [0.29, 0.717) is 13.0 Å². The van der Waals surface area contributed by atoms with Gasteiger partial charge in [-0.3, -0.25) is 4.79 Å². The minimum Gasteiger partial charge on any atom is -0.480 e. The van der Waals surface area contributed by atoms with Gasteiger partial charge >= 0.3 is 12.1 Å². The van der Waals surface area contributed by atoms with Crippen LogP contribution in [0.4, 0.5) is 4.79 Å². The number of carboxylic acids is 1. The molecule has 1 fully saturated rings. The van der Waals surface area contributed by atoms with Crippen molar-refractivity contribution in [3.8, 4) is 0 Å². The van der Waals surface area contributed by atoms with Crippen LogP contribution in [0.5, 0.6) is 0 Å². The Morgan fingerprint density at radius 3 is 2.55 bits per heavy atom. The molecule has 0 aromatic carbocycles. The lowest BCUT2D eigenvalue weighted by molar-refractivity contribution is -0.141. The van der Waals surface area contributed by atoms with Gasteiger partial charge < -0.3 is 20.1 Å². The van der Waals surface area contributed by atoms with Gasteiger partial charge in [0.05, 0.1) is 6.54 Å². The summed E-state index contributed by atoms with van der Waals surface area (Å²) in [4.78, 5) is 35.9. The predicted molar refractivity (Wildman–Crippen MR) is 71.2 cm³/mol. The molecular formula is C13H22N2O5. The van der Waals surface area contributed by atoms with Crippen LogP contribution < -0.4 is 5.32 Å². The number of nitrogens with one attached hydrogen (secondary N) is 1. The van der Waals surface area contributed by atoms with Crippen molar-refractivity contribution in [2.24, 2.45) is 0 Å². The first-order valence-electron chi connectivity index (χ1n) is 6.69. The topological polar surface area (TPSA) is 95.9 Å². The van der Waals surface area contributed by atoms with Gasteiger partial charge in [0.15, 0.2) is 0 Å². The maximum Gasteiger partial charge on any atom is 0.408 e. The summed E-state index contributed by atoms with van der Waals surface area (Å²) in [5.41, 5.74) is -0.700. The normalized spacial score (nSPS) is 17.6. The maximum atomic E-state index is 11.7. The van der Waals surface area contributed by atoms with E-state index in [1.54, 1.807) is 20.8 Å². The molecule has 0 bridgehead atoms. The zero-order valence-corrected chi connectivity index (χ0v) is 12.1. The van der Waals surface area contributed by atoms with E-state index in [1.807, 2.05) is 0 Å². The summed E-state index contributed by atoms with van der Waals surface area (Å²) in [6.07, 6.45) is 1.31. The standard InChI is InChI=1S/C13H22N2O5/c1-13(2,3)20-12(19)14-9(11(17)18)8-15-7-5-4-6-10(15)16/h9H,4-8H2,1-3H3,(H,14,19)(H,17,18). The highest BCUT2D eigenvalue weighted by Crippen LogP contribution is 2.11. The first kappa shape index (κ1) is 16.3. The molecule has 0 aromatic heterocycles. The summed E-state index contributed by atoms with van der Waals surface area (Å²) >= 11 is 0. The van der Waals surface area contributed by atoms with Crippen LogP contribution in [-0.4, -0.2) is 52.7 Å². The second-order valence-electron chi connectivity index (χ2n) is 5.83. The molecule has 2 N–H and O–H groups in total. The lowest BCUT2D eigenvalue weighted by Crippen LogP contribution is -2.51. The number of rotatable bonds is 4. The Hall–Kier alpha value is -1.79. The number of carboxylic acid groups (broad SMARTS) is 1. The first-order valence-corrected chi connectivity index (χ1v) is 6.69. The molecule has 7 nitrogen and oxygen atoms in total. The van der Waals surface area contributed by atoms with Gasteiger partial charge in [0.25, 0.3) is 0 Å². The van der Waals surface area contributed by atoms with Gasteiger partial charge in [-0.25, -0.2) is 9.59 Å². The van der Waals surface area contributed by atoms with E-state index in [0.717, 1.165) is 12.8 Å². The monoisotopic (exact) mass is 286 g/mol. The molecule has 1 heterocycles. The molecule has 1 unspecified atom stereocenters. The van der Waals surface area contributed by atoms with Gasteiger partial charge in [-0.1, -0.05) is 0 Å². The van der Waals surface area contributed by atoms with Crippen molar-refractivity contribution in [3.05, 3.63) is 0 Å². The quantitative estimate of drug-likeness (QED) is 0.803. The van der Waals surface area contributed by atoms with Crippen LogP contribution in [0.2, 0.25) is 0 Å². The molecule has 0 spiro atoms. The molecule has 1 atom stereocenters. The fourth-order valence-electron chi connectivity index (χ4n) is 1.91. The summed E-state index contributed by atoms with van der Waals surface area (Å²) in [5.74, 6) is -1.26. The van der Waals surface area contributed by atoms with Crippen LogP contribution in [-0.2, 0) is 14.3 Å². The number of amides is 2. The highest BCUT2D eigenvalue weighted by atomic mass is 16.6. The average Bonchev–Trinajstić information content (AvgIpc) is 2.28. The molecule has 0 aromatic rings. The molecule has 1 rings (SSSR count).